The van der Waals surface area contributed by atoms with Gasteiger partial charge in [0, 0.05) is 38.1 Å². The molecule has 0 saturated heterocycles. The van der Waals surface area contributed by atoms with Crippen LogP contribution in [-0.2, 0) is 4.74 Å². The van der Waals surface area contributed by atoms with Crippen molar-refractivity contribution >= 4 is 17.3 Å². The number of hydrogen-bond acceptors (Lipinski definition) is 5. The minimum Gasteiger partial charge on any atom is -0.434 e. The summed E-state index contributed by atoms with van der Waals surface area (Å²) in [6, 6.07) is 13.1. The van der Waals surface area contributed by atoms with E-state index in [2.05, 4.69) is 6.11 Å². The monoisotopic (exact) mass is 322 g/mol. The predicted octanol–water partition coefficient (Wildman–Crippen LogP) is 3.03. The number of rotatable bonds is 4. The van der Waals surface area contributed by atoms with Crippen LogP contribution in [0.15, 0.2) is 42.5 Å². The first-order valence-corrected chi connectivity index (χ1v) is 7.49. The second kappa shape index (κ2) is 6.17. The molecule has 1 atom stereocenters. The van der Waals surface area contributed by atoms with Crippen LogP contribution in [0.25, 0.3) is 0 Å². The summed E-state index contributed by atoms with van der Waals surface area (Å²) in [5.41, 5.74) is 3.31. The summed E-state index contributed by atoms with van der Waals surface area (Å²) in [5, 5.41) is 0. The van der Waals surface area contributed by atoms with E-state index in [0.29, 0.717) is 11.3 Å². The molecule has 0 radical (unpaired) electrons. The van der Waals surface area contributed by atoms with Crippen LogP contribution >= 0.6 is 0 Å². The average molecular weight is 322 g/mol. The third-order valence-corrected chi connectivity index (χ3v) is 4.03. The van der Waals surface area contributed by atoms with E-state index >= 15 is 0 Å². The first kappa shape index (κ1) is 15.8. The number of hydrogen-bond donors (Lipinski definition) is 0. The van der Waals surface area contributed by atoms with Crippen molar-refractivity contribution in [2.24, 2.45) is 0 Å². The van der Waals surface area contributed by atoms with Crippen LogP contribution in [0.5, 0.6) is 5.75 Å². The van der Waals surface area contributed by atoms with Gasteiger partial charge >= 0.3 is 5.97 Å². The van der Waals surface area contributed by atoms with E-state index in [4.69, 9.17) is 15.9 Å². The summed E-state index contributed by atoms with van der Waals surface area (Å²) >= 11 is 0. The molecular weight excluding hydrogens is 304 g/mol. The van der Waals surface area contributed by atoms with Crippen molar-refractivity contribution in [3.05, 3.63) is 53.6 Å². The minimum atomic E-state index is -0.455. The van der Waals surface area contributed by atoms with Crippen LogP contribution < -0.4 is 14.5 Å². The van der Waals surface area contributed by atoms with Crippen molar-refractivity contribution < 1.29 is 14.3 Å². The Morgan fingerprint density at radius 3 is 2.38 bits per heavy atom. The van der Waals surface area contributed by atoms with E-state index in [0.717, 1.165) is 16.9 Å². The standard InChI is InChI=1S/C19H18N2O3/c1-5-23-15-9-6-13(7-10-15)21(4)18-16-11-8-14(20(2)3)12-17(16)19(22)24-18/h1,6-12,18H,2-4H3. The molecule has 5 nitrogen and oxygen atoms in total. The SMILES string of the molecule is C#COc1ccc(N(C)C2OC(=O)c3cc(N(C)C)ccc32)cc1. The molecule has 2 aromatic carbocycles. The Bertz CT molecular complexity index is 806. The molecular formula is C19H18N2O3. The molecule has 1 unspecified atom stereocenters. The number of carbonyl (C=O) groups excluding carboxylic acids is 1. The van der Waals surface area contributed by atoms with Crippen LogP contribution in [-0.4, -0.2) is 27.1 Å². The van der Waals surface area contributed by atoms with E-state index in [9.17, 15) is 4.79 Å². The maximum Gasteiger partial charge on any atom is 0.340 e. The lowest BCUT2D eigenvalue weighted by molar-refractivity contribution is 0.0388. The lowest BCUT2D eigenvalue weighted by Crippen LogP contribution is -2.24. The van der Waals surface area contributed by atoms with Crippen LogP contribution in [0.1, 0.15) is 22.1 Å². The second-order valence-corrected chi connectivity index (χ2v) is 5.75. The highest BCUT2D eigenvalue weighted by molar-refractivity contribution is 5.95. The van der Waals surface area contributed by atoms with Crippen molar-refractivity contribution in [1.82, 2.24) is 0 Å². The highest BCUT2D eigenvalue weighted by atomic mass is 16.6. The van der Waals surface area contributed by atoms with Crippen molar-refractivity contribution in [3.63, 3.8) is 0 Å². The Kier molecular flexibility index (Phi) is 4.05. The van der Waals surface area contributed by atoms with Crippen LogP contribution in [0.2, 0.25) is 0 Å². The number of nitrogens with zero attached hydrogens (tertiary/aromatic N) is 2. The molecule has 122 valence electrons. The quantitative estimate of drug-likeness (QED) is 0.639. The third-order valence-electron chi connectivity index (χ3n) is 4.03. The maximum atomic E-state index is 12.2. The molecule has 2 aromatic rings. The molecule has 1 aliphatic rings. The molecule has 3 rings (SSSR count). The van der Waals surface area contributed by atoms with Gasteiger partial charge in [-0.25, -0.2) is 4.79 Å². The zero-order valence-corrected chi connectivity index (χ0v) is 13.8. The summed E-state index contributed by atoms with van der Waals surface area (Å²) in [4.78, 5) is 16.1. The average Bonchev–Trinajstić information content (AvgIpc) is 2.91. The minimum absolute atomic E-state index is 0.308. The molecule has 5 heteroatoms. The molecule has 0 fully saturated rings. The Morgan fingerprint density at radius 1 is 1.08 bits per heavy atom. The zero-order chi connectivity index (χ0) is 17.3. The predicted molar refractivity (Wildman–Crippen MR) is 93.2 cm³/mol. The van der Waals surface area contributed by atoms with Crippen molar-refractivity contribution in [2.45, 2.75) is 6.23 Å². The van der Waals surface area contributed by atoms with Gasteiger partial charge in [-0.3, -0.25) is 0 Å². The molecule has 0 saturated carbocycles. The molecule has 0 amide bonds. The Balaban J connectivity index is 1.89. The normalized spacial score (nSPS) is 15.2. The van der Waals surface area contributed by atoms with Gasteiger partial charge in [0.15, 0.2) is 0 Å². The summed E-state index contributed by atoms with van der Waals surface area (Å²) in [6.45, 7) is 0. The number of esters is 1. The number of anilines is 2. The summed E-state index contributed by atoms with van der Waals surface area (Å²) in [5.74, 6) is 0.284. The van der Waals surface area contributed by atoms with Gasteiger partial charge in [-0.1, -0.05) is 12.5 Å². The van der Waals surface area contributed by atoms with Gasteiger partial charge in [0.1, 0.15) is 11.9 Å². The van der Waals surface area contributed by atoms with Gasteiger partial charge in [0.2, 0.25) is 6.23 Å². The molecule has 0 bridgehead atoms. The fourth-order valence-corrected chi connectivity index (χ4v) is 2.68. The van der Waals surface area contributed by atoms with Crippen LogP contribution in [0, 0.1) is 12.5 Å². The van der Waals surface area contributed by atoms with Crippen LogP contribution in [0.4, 0.5) is 11.4 Å². The molecule has 1 heterocycles. The van der Waals surface area contributed by atoms with Gasteiger partial charge in [0.25, 0.3) is 0 Å². The molecule has 0 aliphatic carbocycles. The second-order valence-electron chi connectivity index (χ2n) is 5.75. The highest BCUT2D eigenvalue weighted by Crippen LogP contribution is 2.37. The Morgan fingerprint density at radius 2 is 1.75 bits per heavy atom. The molecule has 0 spiro atoms. The van der Waals surface area contributed by atoms with E-state index in [1.165, 1.54) is 0 Å². The topological polar surface area (TPSA) is 42.0 Å². The fourth-order valence-electron chi connectivity index (χ4n) is 2.68. The number of carbonyl (C=O) groups is 1. The summed E-state index contributed by atoms with van der Waals surface area (Å²) in [7, 11) is 5.75. The first-order chi connectivity index (χ1) is 11.5. The van der Waals surface area contributed by atoms with Gasteiger partial charge < -0.3 is 19.3 Å². The smallest absolute Gasteiger partial charge is 0.340 e. The Hall–Kier alpha value is -3.13. The highest BCUT2D eigenvalue weighted by Gasteiger charge is 2.34. The van der Waals surface area contributed by atoms with Crippen LogP contribution in [0.3, 0.4) is 0 Å². The molecule has 24 heavy (non-hydrogen) atoms. The van der Waals surface area contributed by atoms with Gasteiger partial charge in [-0.15, -0.1) is 0 Å². The van der Waals surface area contributed by atoms with Crippen molar-refractivity contribution in [2.75, 3.05) is 30.9 Å². The molecule has 0 N–H and O–H groups in total. The largest absolute Gasteiger partial charge is 0.434 e. The number of benzene rings is 2. The van der Waals surface area contributed by atoms with E-state index in [-0.39, 0.29) is 5.97 Å². The molecule has 0 aromatic heterocycles. The van der Waals surface area contributed by atoms with Crippen molar-refractivity contribution in [1.29, 1.82) is 0 Å². The Labute approximate surface area is 141 Å². The number of cyclic esters (lactones) is 1. The van der Waals surface area contributed by atoms with Gasteiger partial charge in [0.05, 0.1) is 5.56 Å². The number of terminal acetylenes is 1. The van der Waals surface area contributed by atoms with E-state index < -0.39 is 6.23 Å². The van der Waals surface area contributed by atoms with Gasteiger partial charge in [-0.05, 0) is 36.4 Å². The van der Waals surface area contributed by atoms with Gasteiger partial charge in [-0.2, -0.15) is 0 Å². The lowest BCUT2D eigenvalue weighted by atomic mass is 10.1. The third kappa shape index (κ3) is 2.74. The first-order valence-electron chi connectivity index (χ1n) is 7.49. The van der Waals surface area contributed by atoms with E-state index in [1.807, 2.05) is 61.3 Å². The van der Waals surface area contributed by atoms with Crippen molar-refractivity contribution in [3.8, 4) is 18.3 Å². The number of ether oxygens (including phenoxy) is 2. The summed E-state index contributed by atoms with van der Waals surface area (Å²) < 4.78 is 10.6. The maximum absolute atomic E-state index is 12.2. The zero-order valence-electron chi connectivity index (χ0n) is 13.8. The van der Waals surface area contributed by atoms with E-state index in [1.54, 1.807) is 12.1 Å². The summed E-state index contributed by atoms with van der Waals surface area (Å²) in [6.07, 6.45) is 6.79. The number of fused-ring (bicyclic) bond motifs is 1. The lowest BCUT2D eigenvalue weighted by Gasteiger charge is -2.26. The fraction of sp³-hybridized carbons (Fsp3) is 0.211. The molecule has 1 aliphatic heterocycles.